The molecule has 2 nitrogen and oxygen atoms in total. The summed E-state index contributed by atoms with van der Waals surface area (Å²) in [6.07, 6.45) is 0. The van der Waals surface area contributed by atoms with Crippen molar-refractivity contribution in [1.82, 2.24) is 0 Å². The Kier molecular flexibility index (Phi) is 3.60. The van der Waals surface area contributed by atoms with E-state index < -0.39 is 5.97 Å². The summed E-state index contributed by atoms with van der Waals surface area (Å²) >= 11 is 11.9. The van der Waals surface area contributed by atoms with Crippen LogP contribution < -0.4 is 0 Å². The van der Waals surface area contributed by atoms with Gasteiger partial charge in [-0.15, -0.1) is 0 Å². The number of carboxylic acids is 1. The molecule has 0 atom stereocenters. The fraction of sp³-hybridized carbons (Fsp3) is 0.0714. The fourth-order valence-electron chi connectivity index (χ4n) is 1.78. The van der Waals surface area contributed by atoms with Crippen molar-refractivity contribution in [2.24, 2.45) is 0 Å². The molecule has 0 heterocycles. The molecule has 0 aromatic heterocycles. The van der Waals surface area contributed by atoms with Gasteiger partial charge in [0.1, 0.15) is 0 Å². The van der Waals surface area contributed by atoms with Crippen LogP contribution in [0.3, 0.4) is 0 Å². The lowest BCUT2D eigenvalue weighted by Gasteiger charge is -2.06. The minimum atomic E-state index is -1.00. The molecule has 1 N–H and O–H groups in total. The highest BCUT2D eigenvalue weighted by molar-refractivity contribution is 6.31. The number of benzene rings is 2. The van der Waals surface area contributed by atoms with Crippen molar-refractivity contribution in [2.45, 2.75) is 6.92 Å². The molecule has 92 valence electrons. The molecule has 0 saturated carbocycles. The van der Waals surface area contributed by atoms with E-state index in [0.717, 1.165) is 16.7 Å². The van der Waals surface area contributed by atoms with Crippen molar-refractivity contribution < 1.29 is 9.90 Å². The molecule has 2 aromatic rings. The van der Waals surface area contributed by atoms with Crippen LogP contribution in [-0.4, -0.2) is 11.1 Å². The molecule has 0 aliphatic rings. The van der Waals surface area contributed by atoms with Crippen molar-refractivity contribution in [3.05, 3.63) is 57.6 Å². The third kappa shape index (κ3) is 2.84. The van der Waals surface area contributed by atoms with E-state index in [2.05, 4.69) is 0 Å². The second-order valence-electron chi connectivity index (χ2n) is 4.05. The molecule has 0 aliphatic heterocycles. The van der Waals surface area contributed by atoms with Crippen LogP contribution in [0.1, 0.15) is 15.9 Å². The minimum absolute atomic E-state index is 0.162. The maximum Gasteiger partial charge on any atom is 0.335 e. The van der Waals surface area contributed by atoms with Gasteiger partial charge in [0.2, 0.25) is 0 Å². The van der Waals surface area contributed by atoms with Crippen molar-refractivity contribution in [2.75, 3.05) is 0 Å². The first kappa shape index (κ1) is 12.9. The van der Waals surface area contributed by atoms with Crippen molar-refractivity contribution in [3.63, 3.8) is 0 Å². The van der Waals surface area contributed by atoms with Gasteiger partial charge in [-0.3, -0.25) is 0 Å². The number of hydrogen-bond donors (Lipinski definition) is 1. The van der Waals surface area contributed by atoms with Crippen LogP contribution in [0.15, 0.2) is 36.4 Å². The summed E-state index contributed by atoms with van der Waals surface area (Å²) in [4.78, 5) is 11.0. The van der Waals surface area contributed by atoms with Crippen molar-refractivity contribution in [1.29, 1.82) is 0 Å². The van der Waals surface area contributed by atoms with Crippen LogP contribution in [0.2, 0.25) is 10.0 Å². The Morgan fingerprint density at radius 3 is 2.06 bits per heavy atom. The zero-order chi connectivity index (χ0) is 13.3. The predicted molar refractivity (Wildman–Crippen MR) is 73.6 cm³/mol. The van der Waals surface area contributed by atoms with Gasteiger partial charge >= 0.3 is 5.97 Å². The van der Waals surface area contributed by atoms with E-state index in [1.807, 2.05) is 19.1 Å². The summed E-state index contributed by atoms with van der Waals surface area (Å²) in [6, 6.07) is 10.3. The van der Waals surface area contributed by atoms with E-state index >= 15 is 0 Å². The molecule has 0 aliphatic carbocycles. The Morgan fingerprint density at radius 1 is 0.944 bits per heavy atom. The first-order valence-corrected chi connectivity index (χ1v) is 6.03. The lowest BCUT2D eigenvalue weighted by atomic mass is 10.0. The molecular formula is C14H10Cl2O2. The lowest BCUT2D eigenvalue weighted by molar-refractivity contribution is 0.0697. The number of rotatable bonds is 2. The van der Waals surface area contributed by atoms with Gasteiger partial charge in [-0.2, -0.15) is 0 Å². The largest absolute Gasteiger partial charge is 0.478 e. The summed E-state index contributed by atoms with van der Waals surface area (Å²) in [7, 11) is 0. The van der Waals surface area contributed by atoms with E-state index in [0.29, 0.717) is 10.0 Å². The quantitative estimate of drug-likeness (QED) is 0.868. The van der Waals surface area contributed by atoms with Gasteiger partial charge in [0, 0.05) is 10.0 Å². The third-order valence-electron chi connectivity index (χ3n) is 2.52. The number of carbonyl (C=O) groups is 1. The van der Waals surface area contributed by atoms with E-state index in [1.165, 1.54) is 6.07 Å². The van der Waals surface area contributed by atoms with Gasteiger partial charge in [0.15, 0.2) is 0 Å². The highest BCUT2D eigenvalue weighted by Gasteiger charge is 2.08. The van der Waals surface area contributed by atoms with E-state index in [1.54, 1.807) is 18.2 Å². The van der Waals surface area contributed by atoms with E-state index in [9.17, 15) is 4.79 Å². The molecule has 0 spiro atoms. The fourth-order valence-corrected chi connectivity index (χ4v) is 2.31. The summed E-state index contributed by atoms with van der Waals surface area (Å²) in [5.74, 6) is -1.00. The summed E-state index contributed by atoms with van der Waals surface area (Å²) < 4.78 is 0. The summed E-state index contributed by atoms with van der Waals surface area (Å²) in [6.45, 7) is 1.93. The predicted octanol–water partition coefficient (Wildman–Crippen LogP) is 4.67. The summed E-state index contributed by atoms with van der Waals surface area (Å²) in [5, 5.41) is 10.0. The molecule has 4 heteroatoms. The SMILES string of the molecule is Cc1cc(Cl)cc(-c2cc(Cl)cc(C(=O)O)c2)c1. The maximum atomic E-state index is 11.0. The molecule has 0 radical (unpaired) electrons. The van der Waals surface area contributed by atoms with Gasteiger partial charge in [0.25, 0.3) is 0 Å². The maximum absolute atomic E-state index is 11.0. The molecular weight excluding hydrogens is 271 g/mol. The average molecular weight is 281 g/mol. The molecule has 0 saturated heterocycles. The number of halogens is 2. The summed E-state index contributed by atoms with van der Waals surface area (Å²) in [5.41, 5.74) is 2.76. The number of carboxylic acid groups (broad SMARTS) is 1. The van der Waals surface area contributed by atoms with Crippen LogP contribution in [0.4, 0.5) is 0 Å². The molecule has 2 rings (SSSR count). The zero-order valence-electron chi connectivity index (χ0n) is 9.58. The van der Waals surface area contributed by atoms with E-state index in [-0.39, 0.29) is 5.56 Å². The Morgan fingerprint density at radius 2 is 1.50 bits per heavy atom. The smallest absolute Gasteiger partial charge is 0.335 e. The number of hydrogen-bond acceptors (Lipinski definition) is 1. The topological polar surface area (TPSA) is 37.3 Å². The second kappa shape index (κ2) is 5.01. The van der Waals surface area contributed by atoms with E-state index in [4.69, 9.17) is 28.3 Å². The van der Waals surface area contributed by atoms with Crippen LogP contribution in [0.5, 0.6) is 0 Å². The molecule has 0 fully saturated rings. The Labute approximate surface area is 115 Å². The highest BCUT2D eigenvalue weighted by Crippen LogP contribution is 2.28. The Balaban J connectivity index is 2.59. The standard InChI is InChI=1S/C14H10Cl2O2/c1-8-2-9(5-12(15)3-8)10-4-11(14(17)18)7-13(16)6-10/h2-7H,1H3,(H,17,18). The highest BCUT2D eigenvalue weighted by atomic mass is 35.5. The molecule has 0 amide bonds. The first-order valence-electron chi connectivity index (χ1n) is 5.27. The lowest BCUT2D eigenvalue weighted by Crippen LogP contribution is -1.96. The first-order chi connectivity index (χ1) is 8.45. The monoisotopic (exact) mass is 280 g/mol. The van der Waals surface area contributed by atoms with Gasteiger partial charge in [-0.1, -0.05) is 29.3 Å². The Hall–Kier alpha value is -1.51. The third-order valence-corrected chi connectivity index (χ3v) is 2.96. The number of aromatic carboxylic acids is 1. The van der Waals surface area contributed by atoms with Gasteiger partial charge < -0.3 is 5.11 Å². The molecule has 18 heavy (non-hydrogen) atoms. The van der Waals surface area contributed by atoms with Crippen LogP contribution in [-0.2, 0) is 0 Å². The van der Waals surface area contributed by atoms with Gasteiger partial charge in [-0.25, -0.2) is 4.79 Å². The molecule has 0 unspecified atom stereocenters. The van der Waals surface area contributed by atoms with Crippen LogP contribution in [0, 0.1) is 6.92 Å². The van der Waals surface area contributed by atoms with Gasteiger partial charge in [-0.05, 0) is 53.9 Å². The normalized spacial score (nSPS) is 10.4. The van der Waals surface area contributed by atoms with Crippen molar-refractivity contribution >= 4 is 29.2 Å². The van der Waals surface area contributed by atoms with Crippen LogP contribution >= 0.6 is 23.2 Å². The second-order valence-corrected chi connectivity index (χ2v) is 4.92. The number of aryl methyl sites for hydroxylation is 1. The molecule has 0 bridgehead atoms. The van der Waals surface area contributed by atoms with Crippen molar-refractivity contribution in [3.8, 4) is 11.1 Å². The average Bonchev–Trinajstić information content (AvgIpc) is 2.26. The minimum Gasteiger partial charge on any atom is -0.478 e. The zero-order valence-corrected chi connectivity index (χ0v) is 11.1. The van der Waals surface area contributed by atoms with Crippen LogP contribution in [0.25, 0.3) is 11.1 Å². The Bertz CT molecular complexity index is 601. The van der Waals surface area contributed by atoms with Gasteiger partial charge in [0.05, 0.1) is 5.56 Å². The molecule has 2 aromatic carbocycles.